The lowest BCUT2D eigenvalue weighted by Gasteiger charge is -2.27. The second-order valence-electron chi connectivity index (χ2n) is 11.2. The fourth-order valence-electron chi connectivity index (χ4n) is 4.99. The van der Waals surface area contributed by atoms with Gasteiger partial charge in [-0.25, -0.2) is 19.7 Å². The smallest absolute Gasteiger partial charge is 0.359 e. The molecule has 19 heteroatoms. The molecule has 6 heterocycles. The van der Waals surface area contributed by atoms with Crippen LogP contribution in [0.3, 0.4) is 0 Å². The molecule has 5 aromatic heterocycles. The summed E-state index contributed by atoms with van der Waals surface area (Å²) in [5, 5.41) is 30.4. The minimum atomic E-state index is -0.930. The highest BCUT2D eigenvalue weighted by atomic mass is 32.1. The van der Waals surface area contributed by atoms with Gasteiger partial charge in [0, 0.05) is 36.3 Å². The quantitative estimate of drug-likeness (QED) is 0.142. The van der Waals surface area contributed by atoms with E-state index >= 15 is 0 Å². The van der Waals surface area contributed by atoms with Gasteiger partial charge < -0.3 is 24.2 Å². The Hall–Kier alpha value is -5.82. The summed E-state index contributed by atoms with van der Waals surface area (Å²) in [5.41, 5.74) is 0.960. The third-order valence-corrected chi connectivity index (χ3v) is 8.00. The molecule has 242 valence electrons. The average molecular weight is 662 g/mol. The number of rotatable bonds is 11. The van der Waals surface area contributed by atoms with Crippen molar-refractivity contribution in [2.24, 2.45) is 0 Å². The summed E-state index contributed by atoms with van der Waals surface area (Å²) in [7, 11) is 3.52. The first kappa shape index (κ1) is 31.2. The van der Waals surface area contributed by atoms with Crippen LogP contribution in [0.15, 0.2) is 39.1 Å². The molecule has 0 aliphatic carbocycles. The molecule has 0 aromatic carbocycles. The Morgan fingerprint density at radius 1 is 1.21 bits per heavy atom. The van der Waals surface area contributed by atoms with E-state index in [-0.39, 0.29) is 52.6 Å². The number of thiazole rings is 1. The lowest BCUT2D eigenvalue weighted by molar-refractivity contribution is -0.881. The Morgan fingerprint density at radius 3 is 2.81 bits per heavy atom. The molecule has 1 aliphatic rings. The molecule has 0 saturated heterocycles. The number of nitrogens with zero attached hydrogens (tertiary/aromatic N) is 9. The molecular formula is C28H29N12O6S+. The van der Waals surface area contributed by atoms with Gasteiger partial charge in [0.2, 0.25) is 0 Å². The van der Waals surface area contributed by atoms with Crippen LogP contribution >= 0.6 is 11.3 Å². The van der Waals surface area contributed by atoms with Crippen molar-refractivity contribution in [3.8, 4) is 0 Å². The van der Waals surface area contributed by atoms with Gasteiger partial charge in [0.25, 0.3) is 17.4 Å². The molecule has 0 fully saturated rings. The third kappa shape index (κ3) is 7.05. The van der Waals surface area contributed by atoms with Crippen molar-refractivity contribution in [2.75, 3.05) is 50.5 Å². The number of aromatic amines is 1. The van der Waals surface area contributed by atoms with Crippen molar-refractivity contribution in [1.82, 2.24) is 45.3 Å². The van der Waals surface area contributed by atoms with E-state index in [9.17, 15) is 19.2 Å². The zero-order valence-corrected chi connectivity index (χ0v) is 26.0. The summed E-state index contributed by atoms with van der Waals surface area (Å²) in [6.07, 6.45) is 6.53. The van der Waals surface area contributed by atoms with Gasteiger partial charge in [-0.15, -0.1) is 21.5 Å². The molecule has 6 rings (SSSR count). The van der Waals surface area contributed by atoms with Crippen LogP contribution in [0.5, 0.6) is 0 Å². The van der Waals surface area contributed by atoms with Gasteiger partial charge in [-0.05, 0) is 29.5 Å². The summed E-state index contributed by atoms with van der Waals surface area (Å²) in [6.45, 7) is 1.09. The van der Waals surface area contributed by atoms with Crippen LogP contribution in [0.4, 0.5) is 10.9 Å². The predicted molar refractivity (Wildman–Crippen MR) is 168 cm³/mol. The number of hydrogen-bond donors (Lipinski definition) is 4. The molecule has 0 radical (unpaired) electrons. The number of amides is 2. The number of anilines is 2. The maximum atomic E-state index is 13.8. The van der Waals surface area contributed by atoms with E-state index in [0.717, 1.165) is 0 Å². The van der Waals surface area contributed by atoms with Crippen molar-refractivity contribution in [2.45, 2.75) is 13.0 Å². The number of H-pyrrole nitrogens is 1. The molecule has 0 unspecified atom stereocenters. The number of likely N-dealkylation sites (N-methyl/N-ethyl adjacent to an activating group) is 1. The van der Waals surface area contributed by atoms with Gasteiger partial charge in [0.1, 0.15) is 17.2 Å². The van der Waals surface area contributed by atoms with E-state index in [1.807, 2.05) is 4.90 Å². The number of tetrazole rings is 1. The second kappa shape index (κ2) is 12.9. The highest BCUT2D eigenvalue weighted by molar-refractivity contribution is 7.13. The molecular weight excluding hydrogens is 632 g/mol. The van der Waals surface area contributed by atoms with Crippen molar-refractivity contribution < 1.29 is 28.4 Å². The van der Waals surface area contributed by atoms with E-state index in [1.54, 1.807) is 31.7 Å². The molecule has 0 bridgehead atoms. The number of aromatic nitrogens is 8. The van der Waals surface area contributed by atoms with Crippen molar-refractivity contribution in [3.05, 3.63) is 74.6 Å². The van der Waals surface area contributed by atoms with Crippen LogP contribution < -0.4 is 21.1 Å². The summed E-state index contributed by atoms with van der Waals surface area (Å²) < 4.78 is 7.38. The number of quaternary nitrogens is 1. The first-order valence-corrected chi connectivity index (χ1v) is 15.2. The zero-order valence-electron chi connectivity index (χ0n) is 25.2. The lowest BCUT2D eigenvalue weighted by atomic mass is 10.1. The Kier molecular flexibility index (Phi) is 8.55. The van der Waals surface area contributed by atoms with Crippen LogP contribution in [-0.2, 0) is 17.8 Å². The van der Waals surface area contributed by atoms with E-state index in [1.165, 1.54) is 40.1 Å². The van der Waals surface area contributed by atoms with E-state index in [4.69, 9.17) is 14.5 Å². The number of aliphatic carboxylic acids is 1. The van der Waals surface area contributed by atoms with E-state index < -0.39 is 23.3 Å². The van der Waals surface area contributed by atoms with Crippen LogP contribution in [0.25, 0.3) is 17.8 Å². The molecule has 18 nitrogen and oxygen atoms in total. The molecule has 0 spiro atoms. The second-order valence-corrected chi connectivity index (χ2v) is 12.1. The van der Waals surface area contributed by atoms with Gasteiger partial charge in [-0.2, -0.15) is 5.21 Å². The number of carbonyl (C=O) groups is 3. The van der Waals surface area contributed by atoms with Crippen molar-refractivity contribution >= 4 is 57.9 Å². The lowest BCUT2D eigenvalue weighted by Crippen LogP contribution is -2.48. The van der Waals surface area contributed by atoms with Gasteiger partial charge in [0.15, 0.2) is 17.5 Å². The van der Waals surface area contributed by atoms with Crippen LogP contribution in [0, 0.1) is 0 Å². The molecule has 0 saturated carbocycles. The SMILES string of the molecule is C[N+](C)(CCNC(=O)c1nc2c(o1)CN(c1nc3cc(C(=O)Nc4nccs4)ccn3c(=O)c1C=Cc1nn[nH]n1)CC2)CC(=O)O. The zero-order chi connectivity index (χ0) is 33.1. The number of hydrogen-bond acceptors (Lipinski definition) is 13. The average Bonchev–Trinajstić information content (AvgIpc) is 3.82. The highest BCUT2D eigenvalue weighted by Gasteiger charge is 2.28. The fraction of sp³-hybridized carbons (Fsp3) is 0.286. The normalized spacial score (nSPS) is 13.2. The number of carboxylic acids is 1. The Bertz CT molecular complexity index is 2030. The summed E-state index contributed by atoms with van der Waals surface area (Å²) in [5.74, 6) is -0.948. The van der Waals surface area contributed by atoms with Crippen LogP contribution in [0.1, 0.15) is 43.9 Å². The Labute approximate surface area is 269 Å². The number of pyridine rings is 1. The molecule has 4 N–H and O–H groups in total. The highest BCUT2D eigenvalue weighted by Crippen LogP contribution is 2.27. The summed E-state index contributed by atoms with van der Waals surface area (Å²) >= 11 is 1.28. The number of nitrogens with one attached hydrogen (secondary N) is 3. The number of carbonyl (C=O) groups excluding carboxylic acids is 2. The number of carboxylic acid groups (broad SMARTS) is 1. The largest absolute Gasteiger partial charge is 0.477 e. The summed E-state index contributed by atoms with van der Waals surface area (Å²) in [4.78, 5) is 65.7. The first-order chi connectivity index (χ1) is 22.6. The first-order valence-electron chi connectivity index (χ1n) is 14.3. The fourth-order valence-corrected chi connectivity index (χ4v) is 5.51. The maximum Gasteiger partial charge on any atom is 0.359 e. The maximum absolute atomic E-state index is 13.8. The molecule has 1 aliphatic heterocycles. The minimum Gasteiger partial charge on any atom is -0.477 e. The topological polar surface area (TPSA) is 226 Å². The third-order valence-electron chi connectivity index (χ3n) is 7.31. The van der Waals surface area contributed by atoms with Crippen LogP contribution in [-0.4, -0.2) is 108 Å². The standard InChI is InChI=1S/C28H28N12O6S/c1-40(2,15-22(41)42)11-7-29-25(44)26-31-18-6-9-38(14-19(18)46-26)23-17(3-4-20-34-36-37-35-20)27(45)39-10-5-16(13-21(39)32-23)24(43)33-28-30-8-12-47-28/h3-5,8,10,12-13H,6-7,9,11,14-15H2,1-2H3,(H3-,29,30,33,34,35,36,37,41,42,43,44)/p+1. The molecule has 0 atom stereocenters. The van der Waals surface area contributed by atoms with Crippen LogP contribution in [0.2, 0.25) is 0 Å². The van der Waals surface area contributed by atoms with Crippen molar-refractivity contribution in [3.63, 3.8) is 0 Å². The van der Waals surface area contributed by atoms with Gasteiger partial charge in [-0.3, -0.25) is 24.1 Å². The molecule has 5 aromatic rings. The van der Waals surface area contributed by atoms with E-state index in [2.05, 4.69) is 41.2 Å². The van der Waals surface area contributed by atoms with Gasteiger partial charge >= 0.3 is 11.9 Å². The predicted octanol–water partition coefficient (Wildman–Crippen LogP) is 0.528. The van der Waals surface area contributed by atoms with Gasteiger partial charge in [-0.1, -0.05) is 0 Å². The summed E-state index contributed by atoms with van der Waals surface area (Å²) in [6, 6.07) is 3.04. The van der Waals surface area contributed by atoms with Crippen molar-refractivity contribution in [1.29, 1.82) is 0 Å². The van der Waals surface area contributed by atoms with Gasteiger partial charge in [0.05, 0.1) is 45.0 Å². The van der Waals surface area contributed by atoms with E-state index in [0.29, 0.717) is 41.9 Å². The number of fused-ring (bicyclic) bond motifs is 2. The Balaban J connectivity index is 1.27. The minimum absolute atomic E-state index is 0.0845. The molecule has 47 heavy (non-hydrogen) atoms. The molecule has 2 amide bonds. The Morgan fingerprint density at radius 2 is 2.06 bits per heavy atom. The monoisotopic (exact) mass is 661 g/mol. The number of oxazole rings is 1.